The number of nitrogens with zero attached hydrogens (tertiary/aromatic N) is 2. The third-order valence-corrected chi connectivity index (χ3v) is 3.34. The SMILES string of the molecule is CC.O=Cc1ccc(-c2nccc(-c3ccc(OC(F)(F)F)cc3)n2)cc1. The van der Waals surface area contributed by atoms with E-state index in [-0.39, 0.29) is 5.75 Å². The van der Waals surface area contributed by atoms with Crippen LogP contribution < -0.4 is 4.74 Å². The van der Waals surface area contributed by atoms with Crippen molar-refractivity contribution >= 4 is 6.29 Å². The Morgan fingerprint density at radius 3 is 2.04 bits per heavy atom. The van der Waals surface area contributed by atoms with Crippen molar-refractivity contribution < 1.29 is 22.7 Å². The van der Waals surface area contributed by atoms with Gasteiger partial charge in [0.15, 0.2) is 5.82 Å². The number of benzene rings is 2. The highest BCUT2D eigenvalue weighted by Crippen LogP contribution is 2.26. The van der Waals surface area contributed by atoms with Gasteiger partial charge in [-0.1, -0.05) is 38.1 Å². The molecule has 2 aromatic carbocycles. The molecule has 1 heterocycles. The normalized spacial score (nSPS) is 10.6. The number of alkyl halides is 3. The minimum Gasteiger partial charge on any atom is -0.406 e. The van der Waals surface area contributed by atoms with Crippen LogP contribution in [-0.2, 0) is 0 Å². The fraction of sp³-hybridized carbons (Fsp3) is 0.150. The maximum atomic E-state index is 12.2. The minimum atomic E-state index is -4.72. The van der Waals surface area contributed by atoms with Crippen LogP contribution in [0.5, 0.6) is 5.75 Å². The van der Waals surface area contributed by atoms with Crippen LogP contribution in [0, 0.1) is 0 Å². The van der Waals surface area contributed by atoms with Crippen LogP contribution in [0.15, 0.2) is 60.8 Å². The summed E-state index contributed by atoms with van der Waals surface area (Å²) in [6.45, 7) is 4.00. The number of ether oxygens (including phenoxy) is 1. The van der Waals surface area contributed by atoms with Gasteiger partial charge in [0.05, 0.1) is 5.69 Å². The van der Waals surface area contributed by atoms with E-state index in [0.29, 0.717) is 22.6 Å². The summed E-state index contributed by atoms with van der Waals surface area (Å²) >= 11 is 0. The van der Waals surface area contributed by atoms with Crippen LogP contribution in [0.25, 0.3) is 22.6 Å². The Balaban J connectivity index is 0.00000126. The molecule has 4 nitrogen and oxygen atoms in total. The number of aromatic nitrogens is 2. The van der Waals surface area contributed by atoms with E-state index in [2.05, 4.69) is 14.7 Å². The number of carbonyl (C=O) groups is 1. The number of hydrogen-bond acceptors (Lipinski definition) is 4. The van der Waals surface area contributed by atoms with Crippen molar-refractivity contribution in [2.45, 2.75) is 20.2 Å². The van der Waals surface area contributed by atoms with Crippen molar-refractivity contribution in [2.24, 2.45) is 0 Å². The van der Waals surface area contributed by atoms with Crippen LogP contribution in [0.3, 0.4) is 0 Å². The minimum absolute atomic E-state index is 0.296. The number of carbonyl (C=O) groups excluding carboxylic acids is 1. The fourth-order valence-electron chi connectivity index (χ4n) is 2.20. The van der Waals surface area contributed by atoms with Gasteiger partial charge in [-0.25, -0.2) is 9.97 Å². The molecule has 0 unspecified atom stereocenters. The van der Waals surface area contributed by atoms with Crippen molar-refractivity contribution in [2.75, 3.05) is 0 Å². The Kier molecular flexibility index (Phi) is 6.65. The molecule has 3 aromatic rings. The van der Waals surface area contributed by atoms with Crippen molar-refractivity contribution in [1.82, 2.24) is 9.97 Å². The molecule has 7 heteroatoms. The van der Waals surface area contributed by atoms with Crippen molar-refractivity contribution in [3.05, 3.63) is 66.4 Å². The molecule has 0 amide bonds. The molecule has 0 atom stereocenters. The Morgan fingerprint density at radius 1 is 0.889 bits per heavy atom. The zero-order valence-electron chi connectivity index (χ0n) is 14.7. The van der Waals surface area contributed by atoms with E-state index < -0.39 is 6.36 Å². The number of aldehydes is 1. The van der Waals surface area contributed by atoms with E-state index in [9.17, 15) is 18.0 Å². The summed E-state index contributed by atoms with van der Waals surface area (Å²) in [5.74, 6) is 0.153. The lowest BCUT2D eigenvalue weighted by atomic mass is 10.1. The monoisotopic (exact) mass is 374 g/mol. The third kappa shape index (κ3) is 5.64. The first kappa shape index (κ1) is 20.1. The number of hydrogen-bond donors (Lipinski definition) is 0. The Labute approximate surface area is 154 Å². The van der Waals surface area contributed by atoms with Gasteiger partial charge < -0.3 is 4.74 Å². The lowest BCUT2D eigenvalue weighted by Crippen LogP contribution is -2.16. The highest BCUT2D eigenvalue weighted by atomic mass is 19.4. The van der Waals surface area contributed by atoms with Gasteiger partial charge in [0.25, 0.3) is 0 Å². The average molecular weight is 374 g/mol. The first-order valence-electron chi connectivity index (χ1n) is 8.19. The van der Waals surface area contributed by atoms with Crippen molar-refractivity contribution in [3.63, 3.8) is 0 Å². The molecule has 0 fully saturated rings. The standard InChI is InChI=1S/C18H11F3N2O2.C2H6/c19-18(20,21)25-15-7-5-13(6-8-15)16-9-10-22-17(23-16)14-3-1-12(11-24)2-4-14;1-2/h1-11H;1-2H3. The molecule has 0 aliphatic rings. The molecule has 27 heavy (non-hydrogen) atoms. The second-order valence-electron chi connectivity index (χ2n) is 5.08. The molecule has 0 spiro atoms. The summed E-state index contributed by atoms with van der Waals surface area (Å²) in [7, 11) is 0. The van der Waals surface area contributed by atoms with Crippen LogP contribution >= 0.6 is 0 Å². The highest BCUT2D eigenvalue weighted by Gasteiger charge is 2.30. The summed E-state index contributed by atoms with van der Waals surface area (Å²) in [5, 5.41) is 0. The van der Waals surface area contributed by atoms with Gasteiger partial charge >= 0.3 is 6.36 Å². The van der Waals surface area contributed by atoms with Crippen molar-refractivity contribution in [3.8, 4) is 28.4 Å². The number of rotatable bonds is 4. The molecule has 0 N–H and O–H groups in total. The lowest BCUT2D eigenvalue weighted by Gasteiger charge is -2.09. The smallest absolute Gasteiger partial charge is 0.406 e. The maximum absolute atomic E-state index is 12.2. The molecule has 0 aliphatic heterocycles. The summed E-state index contributed by atoms with van der Waals surface area (Å²) < 4.78 is 40.4. The Hall–Kier alpha value is -3.22. The van der Waals surface area contributed by atoms with E-state index >= 15 is 0 Å². The third-order valence-electron chi connectivity index (χ3n) is 3.34. The van der Waals surface area contributed by atoms with Gasteiger partial charge in [-0.2, -0.15) is 0 Å². The molecular weight excluding hydrogens is 357 g/mol. The molecule has 140 valence electrons. The van der Waals surface area contributed by atoms with E-state index in [4.69, 9.17) is 0 Å². The predicted octanol–water partition coefficient (Wildman–Crippen LogP) is 5.55. The largest absolute Gasteiger partial charge is 0.573 e. The topological polar surface area (TPSA) is 52.1 Å². The maximum Gasteiger partial charge on any atom is 0.573 e. The molecule has 0 saturated carbocycles. The highest BCUT2D eigenvalue weighted by molar-refractivity contribution is 5.76. The fourth-order valence-corrected chi connectivity index (χ4v) is 2.20. The summed E-state index contributed by atoms with van der Waals surface area (Å²) in [6.07, 6.45) is -2.42. The van der Waals surface area contributed by atoms with Crippen molar-refractivity contribution in [1.29, 1.82) is 0 Å². The molecule has 0 radical (unpaired) electrons. The summed E-state index contributed by atoms with van der Waals surface area (Å²) in [6, 6.07) is 13.8. The zero-order valence-corrected chi connectivity index (χ0v) is 14.7. The lowest BCUT2D eigenvalue weighted by molar-refractivity contribution is -0.274. The van der Waals surface area contributed by atoms with E-state index in [1.807, 2.05) is 13.8 Å². The first-order valence-corrected chi connectivity index (χ1v) is 8.19. The predicted molar refractivity (Wildman–Crippen MR) is 96.3 cm³/mol. The van der Waals surface area contributed by atoms with E-state index in [1.54, 1.807) is 36.5 Å². The van der Waals surface area contributed by atoms with Gasteiger partial charge in [-0.3, -0.25) is 4.79 Å². The van der Waals surface area contributed by atoms with E-state index in [0.717, 1.165) is 11.8 Å². The van der Waals surface area contributed by atoms with E-state index in [1.165, 1.54) is 24.3 Å². The van der Waals surface area contributed by atoms with Gasteiger partial charge in [-0.15, -0.1) is 13.2 Å². The van der Waals surface area contributed by atoms with Gasteiger partial charge in [0.1, 0.15) is 12.0 Å². The zero-order chi connectivity index (χ0) is 19.9. The van der Waals surface area contributed by atoms with Crippen LogP contribution in [0.2, 0.25) is 0 Å². The van der Waals surface area contributed by atoms with Crippen LogP contribution in [0.1, 0.15) is 24.2 Å². The van der Waals surface area contributed by atoms with Gasteiger partial charge in [0.2, 0.25) is 0 Å². The Morgan fingerprint density at radius 2 is 1.48 bits per heavy atom. The molecule has 1 aromatic heterocycles. The molecule has 3 rings (SSSR count). The van der Waals surface area contributed by atoms with Gasteiger partial charge in [-0.05, 0) is 30.3 Å². The second kappa shape index (κ2) is 8.93. The summed E-state index contributed by atoms with van der Waals surface area (Å²) in [4.78, 5) is 19.3. The van der Waals surface area contributed by atoms with Crippen LogP contribution in [0.4, 0.5) is 13.2 Å². The molecule has 0 bridgehead atoms. The number of halogens is 3. The molecule has 0 aliphatic carbocycles. The molecular formula is C20H17F3N2O2. The first-order chi connectivity index (χ1) is 12.9. The van der Waals surface area contributed by atoms with Crippen LogP contribution in [-0.4, -0.2) is 22.6 Å². The average Bonchev–Trinajstić information content (AvgIpc) is 2.69. The summed E-state index contributed by atoms with van der Waals surface area (Å²) in [5.41, 5.74) is 2.45. The quantitative estimate of drug-likeness (QED) is 0.562. The Bertz CT molecular complexity index is 877. The second-order valence-corrected chi connectivity index (χ2v) is 5.08. The molecule has 0 saturated heterocycles. The van der Waals surface area contributed by atoms with Gasteiger partial charge in [0, 0.05) is 22.9 Å².